The Kier molecular flexibility index (Phi) is 9.47. The smallest absolute Gasteiger partial charge is 0.254 e. The minimum Gasteiger partial charge on any atom is -0.399 e. The number of piperidine rings is 1. The molecule has 0 saturated carbocycles. The molecule has 2 aromatic carbocycles. The first-order chi connectivity index (χ1) is 12.9. The average Bonchev–Trinajstić information content (AvgIpc) is 2.63. The molecule has 0 bridgehead atoms. The number of nitrogen functional groups attached to an aromatic ring is 1. The summed E-state index contributed by atoms with van der Waals surface area (Å²) >= 11 is 0. The Morgan fingerprint density at radius 1 is 1.07 bits per heavy atom. The van der Waals surface area contributed by atoms with E-state index in [0.717, 1.165) is 25.2 Å². The summed E-state index contributed by atoms with van der Waals surface area (Å²) in [7, 11) is 1.94. The third-order valence-electron chi connectivity index (χ3n) is 5.77. The SMILES string of the molecule is Cc1ccc(N)cc1C(=O)N(C)C1C(C)CN(Cc2ccccc2)CC1C.Cl.Cl. The maximum Gasteiger partial charge on any atom is 0.254 e. The summed E-state index contributed by atoms with van der Waals surface area (Å²) in [6.07, 6.45) is 0. The maximum absolute atomic E-state index is 13.1. The van der Waals surface area contributed by atoms with Gasteiger partial charge in [0.15, 0.2) is 0 Å². The number of likely N-dealkylation sites (tertiary alicyclic amines) is 1. The maximum atomic E-state index is 13.1. The Balaban J connectivity index is 0.00000210. The molecule has 29 heavy (non-hydrogen) atoms. The van der Waals surface area contributed by atoms with E-state index in [1.54, 1.807) is 6.07 Å². The lowest BCUT2D eigenvalue weighted by molar-refractivity contribution is 0.0270. The van der Waals surface area contributed by atoms with E-state index in [2.05, 4.69) is 49.1 Å². The third-order valence-corrected chi connectivity index (χ3v) is 5.77. The zero-order valence-corrected chi connectivity index (χ0v) is 19.3. The molecule has 3 rings (SSSR count). The molecule has 2 aromatic rings. The zero-order valence-electron chi connectivity index (χ0n) is 17.7. The van der Waals surface area contributed by atoms with Gasteiger partial charge in [0, 0.05) is 44.0 Å². The number of carbonyl (C=O) groups excluding carboxylic acids is 1. The van der Waals surface area contributed by atoms with Gasteiger partial charge in [-0.3, -0.25) is 9.69 Å². The van der Waals surface area contributed by atoms with Gasteiger partial charge in [0.05, 0.1) is 0 Å². The van der Waals surface area contributed by atoms with Crippen LogP contribution < -0.4 is 5.73 Å². The van der Waals surface area contributed by atoms with E-state index >= 15 is 0 Å². The molecule has 1 aliphatic heterocycles. The van der Waals surface area contributed by atoms with Gasteiger partial charge in [0.1, 0.15) is 0 Å². The number of nitrogens with two attached hydrogens (primary N) is 1. The van der Waals surface area contributed by atoms with Crippen LogP contribution in [0.1, 0.15) is 35.3 Å². The molecular formula is C23H33Cl2N3O. The largest absolute Gasteiger partial charge is 0.399 e. The molecule has 1 heterocycles. The molecule has 0 spiro atoms. The van der Waals surface area contributed by atoms with E-state index in [4.69, 9.17) is 5.73 Å². The Morgan fingerprint density at radius 3 is 2.24 bits per heavy atom. The number of hydrogen-bond acceptors (Lipinski definition) is 3. The minimum atomic E-state index is 0. The van der Waals surface area contributed by atoms with Gasteiger partial charge in [-0.25, -0.2) is 0 Å². The monoisotopic (exact) mass is 437 g/mol. The second-order valence-corrected chi connectivity index (χ2v) is 8.12. The summed E-state index contributed by atoms with van der Waals surface area (Å²) < 4.78 is 0. The fourth-order valence-corrected chi connectivity index (χ4v) is 4.60. The second-order valence-electron chi connectivity index (χ2n) is 8.12. The standard InChI is InChI=1S/C23H31N3O.2ClH/c1-16-10-11-20(24)12-21(16)23(27)25(4)22-17(2)13-26(14-18(22)3)15-19-8-6-5-7-9-19;;/h5-12,17-18,22H,13-15,24H2,1-4H3;2*1H. The number of amides is 1. The molecule has 1 saturated heterocycles. The van der Waals surface area contributed by atoms with E-state index < -0.39 is 0 Å². The van der Waals surface area contributed by atoms with Gasteiger partial charge in [-0.05, 0) is 42.0 Å². The molecule has 2 atom stereocenters. The summed E-state index contributed by atoms with van der Waals surface area (Å²) in [6, 6.07) is 16.4. The van der Waals surface area contributed by atoms with Crippen molar-refractivity contribution < 1.29 is 4.79 Å². The van der Waals surface area contributed by atoms with Crippen molar-refractivity contribution in [1.29, 1.82) is 0 Å². The third kappa shape index (κ3) is 5.88. The summed E-state index contributed by atoms with van der Waals surface area (Å²) in [5.41, 5.74) is 9.58. The average molecular weight is 438 g/mol. The molecule has 0 radical (unpaired) electrons. The zero-order chi connectivity index (χ0) is 19.6. The van der Waals surface area contributed by atoms with Crippen LogP contribution >= 0.6 is 24.8 Å². The Labute approximate surface area is 187 Å². The lowest BCUT2D eigenvalue weighted by Gasteiger charge is -2.45. The molecule has 0 aromatic heterocycles. The van der Waals surface area contributed by atoms with E-state index in [1.165, 1.54) is 5.56 Å². The highest BCUT2D eigenvalue weighted by Crippen LogP contribution is 2.29. The highest BCUT2D eigenvalue weighted by atomic mass is 35.5. The highest BCUT2D eigenvalue weighted by Gasteiger charge is 2.36. The lowest BCUT2D eigenvalue weighted by Crippen LogP contribution is -2.55. The summed E-state index contributed by atoms with van der Waals surface area (Å²) in [6.45, 7) is 9.45. The van der Waals surface area contributed by atoms with Crippen molar-refractivity contribution in [1.82, 2.24) is 9.80 Å². The van der Waals surface area contributed by atoms with Crippen molar-refractivity contribution in [3.8, 4) is 0 Å². The topological polar surface area (TPSA) is 49.6 Å². The fourth-order valence-electron chi connectivity index (χ4n) is 4.60. The molecule has 160 valence electrons. The molecule has 2 unspecified atom stereocenters. The predicted octanol–water partition coefficient (Wildman–Crippen LogP) is 4.65. The van der Waals surface area contributed by atoms with Crippen LogP contribution in [-0.2, 0) is 6.54 Å². The number of anilines is 1. The molecule has 0 aliphatic carbocycles. The Morgan fingerprint density at radius 2 is 1.66 bits per heavy atom. The second kappa shape index (κ2) is 10.9. The quantitative estimate of drug-likeness (QED) is 0.707. The minimum absolute atomic E-state index is 0. The first-order valence-electron chi connectivity index (χ1n) is 9.76. The van der Waals surface area contributed by atoms with Crippen LogP contribution in [0.25, 0.3) is 0 Å². The molecule has 1 amide bonds. The molecule has 1 aliphatic rings. The van der Waals surface area contributed by atoms with Crippen LogP contribution in [0.5, 0.6) is 0 Å². The van der Waals surface area contributed by atoms with E-state index in [9.17, 15) is 4.79 Å². The van der Waals surface area contributed by atoms with E-state index in [1.807, 2.05) is 31.0 Å². The lowest BCUT2D eigenvalue weighted by atomic mass is 9.84. The van der Waals surface area contributed by atoms with Crippen molar-refractivity contribution in [2.75, 3.05) is 25.9 Å². The number of aryl methyl sites for hydroxylation is 1. The van der Waals surface area contributed by atoms with Crippen molar-refractivity contribution in [3.63, 3.8) is 0 Å². The molecule has 6 heteroatoms. The van der Waals surface area contributed by atoms with E-state index in [0.29, 0.717) is 23.1 Å². The molecule has 2 N–H and O–H groups in total. The molecular weight excluding hydrogens is 405 g/mol. The van der Waals surface area contributed by atoms with E-state index in [-0.39, 0.29) is 36.8 Å². The number of hydrogen-bond donors (Lipinski definition) is 1. The van der Waals surface area contributed by atoms with Gasteiger partial charge in [-0.15, -0.1) is 24.8 Å². The van der Waals surface area contributed by atoms with Crippen LogP contribution in [0.15, 0.2) is 48.5 Å². The van der Waals surface area contributed by atoms with Crippen molar-refractivity contribution in [3.05, 3.63) is 65.2 Å². The van der Waals surface area contributed by atoms with Crippen LogP contribution in [0, 0.1) is 18.8 Å². The fraction of sp³-hybridized carbons (Fsp3) is 0.435. The highest BCUT2D eigenvalue weighted by molar-refractivity contribution is 5.96. The van der Waals surface area contributed by atoms with Crippen molar-refractivity contribution >= 4 is 36.4 Å². The first-order valence-corrected chi connectivity index (χ1v) is 9.76. The number of halogens is 2. The molecule has 1 fully saturated rings. The summed E-state index contributed by atoms with van der Waals surface area (Å²) in [4.78, 5) is 17.6. The number of benzene rings is 2. The first kappa shape index (κ1) is 25.3. The summed E-state index contributed by atoms with van der Waals surface area (Å²) in [5.74, 6) is 0.889. The Bertz CT molecular complexity index is 788. The van der Waals surface area contributed by atoms with Crippen LogP contribution in [0.4, 0.5) is 5.69 Å². The van der Waals surface area contributed by atoms with Crippen molar-refractivity contribution in [2.45, 2.75) is 33.4 Å². The van der Waals surface area contributed by atoms with Gasteiger partial charge < -0.3 is 10.6 Å². The van der Waals surface area contributed by atoms with Gasteiger partial charge in [0.2, 0.25) is 0 Å². The van der Waals surface area contributed by atoms with Gasteiger partial charge in [-0.2, -0.15) is 0 Å². The molecule has 4 nitrogen and oxygen atoms in total. The predicted molar refractivity (Wildman–Crippen MR) is 126 cm³/mol. The van der Waals surface area contributed by atoms with Crippen molar-refractivity contribution in [2.24, 2.45) is 11.8 Å². The normalized spacial score (nSPS) is 21.6. The van der Waals surface area contributed by atoms with Crippen LogP contribution in [0.3, 0.4) is 0 Å². The number of carbonyl (C=O) groups is 1. The van der Waals surface area contributed by atoms with Gasteiger partial charge in [0.25, 0.3) is 5.91 Å². The number of rotatable bonds is 4. The van der Waals surface area contributed by atoms with Gasteiger partial charge in [-0.1, -0.05) is 50.2 Å². The van der Waals surface area contributed by atoms with Gasteiger partial charge >= 0.3 is 0 Å². The van der Waals surface area contributed by atoms with Crippen LogP contribution in [0.2, 0.25) is 0 Å². The van der Waals surface area contributed by atoms with Crippen LogP contribution in [-0.4, -0.2) is 41.9 Å². The summed E-state index contributed by atoms with van der Waals surface area (Å²) in [5, 5.41) is 0. The Hall–Kier alpha value is -1.75. The number of nitrogens with zero attached hydrogens (tertiary/aromatic N) is 2.